The maximum absolute atomic E-state index is 12.0. The second kappa shape index (κ2) is 10.7. The molecule has 0 aromatic heterocycles. The molecule has 1 aromatic carbocycles. The minimum Gasteiger partial charge on any atom is -0.444 e. The Hall–Kier alpha value is -2.81. The summed E-state index contributed by atoms with van der Waals surface area (Å²) in [5, 5.41) is 17.9. The number of benzene rings is 1. The largest absolute Gasteiger partial charge is 0.444 e. The number of hydrogen-bond donors (Lipinski definition) is 4. The lowest BCUT2D eigenvalue weighted by atomic mass is 10.0. The van der Waals surface area contributed by atoms with Crippen LogP contribution in [0.15, 0.2) is 35.3 Å². The minimum absolute atomic E-state index is 0.0796. The van der Waals surface area contributed by atoms with Gasteiger partial charge in [-0.3, -0.25) is 10.3 Å². The summed E-state index contributed by atoms with van der Waals surface area (Å²) >= 11 is 0. The fraction of sp³-hybridized carbons (Fsp3) is 0.550. The molecule has 0 saturated carbocycles. The molecule has 9 nitrogen and oxygen atoms in total. The molecule has 0 unspecified atom stereocenters. The molecule has 1 heterocycles. The number of carbonyl (C=O) groups is 2. The zero-order valence-electron chi connectivity index (χ0n) is 17.1. The van der Waals surface area contributed by atoms with Gasteiger partial charge in [0, 0.05) is 12.6 Å². The standard InChI is InChI=1S/C20H30N4O5/c1-20(2,3)29-19(27)23-16(12-25)11-15-9-10-21-17(22-15)24-18(26)28-13-14-7-5-4-6-8-14/h4-8,15-16,25H,9-13H2,1-3H3,(H,23,27)(H2,21,22,24,26)/t15-,16-/m0/s1. The van der Waals surface area contributed by atoms with Crippen LogP contribution in [-0.2, 0) is 16.1 Å². The maximum atomic E-state index is 12.0. The summed E-state index contributed by atoms with van der Waals surface area (Å²) in [4.78, 5) is 28.1. The fourth-order valence-electron chi connectivity index (χ4n) is 2.75. The van der Waals surface area contributed by atoms with Gasteiger partial charge in [-0.15, -0.1) is 0 Å². The number of carbonyl (C=O) groups excluding carboxylic acids is 2. The lowest BCUT2D eigenvalue weighted by molar-refractivity contribution is 0.0475. The number of guanidine groups is 1. The van der Waals surface area contributed by atoms with Crippen molar-refractivity contribution in [3.8, 4) is 0 Å². The highest BCUT2D eigenvalue weighted by Gasteiger charge is 2.24. The van der Waals surface area contributed by atoms with Gasteiger partial charge < -0.3 is 25.2 Å². The first-order valence-corrected chi connectivity index (χ1v) is 9.64. The summed E-state index contributed by atoms with van der Waals surface area (Å²) in [6.07, 6.45) is -0.0260. The van der Waals surface area contributed by atoms with Crippen molar-refractivity contribution >= 4 is 18.1 Å². The smallest absolute Gasteiger partial charge is 0.414 e. The Morgan fingerprint density at radius 1 is 1.28 bits per heavy atom. The SMILES string of the molecule is CC(C)(C)OC(=O)N[C@H](CO)C[C@@H]1CCN=C(NC(=O)OCc2ccccc2)N1. The third kappa shape index (κ3) is 8.82. The van der Waals surface area contributed by atoms with Crippen LogP contribution in [-0.4, -0.2) is 54.1 Å². The molecule has 2 rings (SSSR count). The number of ether oxygens (including phenoxy) is 2. The van der Waals surface area contributed by atoms with Crippen molar-refractivity contribution in [2.45, 2.75) is 57.9 Å². The molecule has 0 spiro atoms. The Morgan fingerprint density at radius 3 is 2.66 bits per heavy atom. The quantitative estimate of drug-likeness (QED) is 0.573. The van der Waals surface area contributed by atoms with Gasteiger partial charge in [0.15, 0.2) is 0 Å². The van der Waals surface area contributed by atoms with Gasteiger partial charge in [-0.1, -0.05) is 30.3 Å². The van der Waals surface area contributed by atoms with Gasteiger partial charge in [0.05, 0.1) is 12.6 Å². The van der Waals surface area contributed by atoms with Crippen LogP contribution in [0.5, 0.6) is 0 Å². The average molecular weight is 406 g/mol. The monoisotopic (exact) mass is 406 g/mol. The summed E-state index contributed by atoms with van der Waals surface area (Å²) in [6, 6.07) is 8.81. The van der Waals surface area contributed by atoms with E-state index in [9.17, 15) is 14.7 Å². The van der Waals surface area contributed by atoms with Crippen molar-refractivity contribution < 1.29 is 24.2 Å². The highest BCUT2D eigenvalue weighted by molar-refractivity contribution is 5.94. The van der Waals surface area contributed by atoms with Crippen molar-refractivity contribution in [3.63, 3.8) is 0 Å². The number of rotatable bonds is 6. The number of nitrogens with zero attached hydrogens (tertiary/aromatic N) is 1. The molecule has 1 aliphatic rings. The number of hydrogen-bond acceptors (Lipinski definition) is 7. The van der Waals surface area contributed by atoms with E-state index in [1.165, 1.54) is 0 Å². The third-order valence-electron chi connectivity index (χ3n) is 4.03. The van der Waals surface area contributed by atoms with Gasteiger partial charge in [0.2, 0.25) is 5.96 Å². The lowest BCUT2D eigenvalue weighted by Gasteiger charge is -2.28. The van der Waals surface area contributed by atoms with Crippen LogP contribution < -0.4 is 16.0 Å². The van der Waals surface area contributed by atoms with Gasteiger partial charge >= 0.3 is 12.2 Å². The maximum Gasteiger partial charge on any atom is 0.414 e. The van der Waals surface area contributed by atoms with E-state index < -0.39 is 23.8 Å². The Bertz CT molecular complexity index is 703. The highest BCUT2D eigenvalue weighted by atomic mass is 16.6. The first kappa shape index (κ1) is 22.5. The Labute approximate surface area is 170 Å². The summed E-state index contributed by atoms with van der Waals surface area (Å²) < 4.78 is 10.4. The van der Waals surface area contributed by atoms with Gasteiger partial charge in [0.1, 0.15) is 12.2 Å². The second-order valence-electron chi connectivity index (χ2n) is 7.81. The Morgan fingerprint density at radius 2 is 2.00 bits per heavy atom. The van der Waals surface area contributed by atoms with Crippen LogP contribution in [0.2, 0.25) is 0 Å². The van der Waals surface area contributed by atoms with Crippen molar-refractivity contribution in [2.75, 3.05) is 13.2 Å². The number of aliphatic imine (C=N–C) groups is 1. The highest BCUT2D eigenvalue weighted by Crippen LogP contribution is 2.10. The van der Waals surface area contributed by atoms with E-state index in [1.807, 2.05) is 30.3 Å². The predicted octanol–water partition coefficient (Wildman–Crippen LogP) is 1.91. The van der Waals surface area contributed by atoms with Crippen LogP contribution >= 0.6 is 0 Å². The second-order valence-corrected chi connectivity index (χ2v) is 7.81. The van der Waals surface area contributed by atoms with Crippen molar-refractivity contribution in [2.24, 2.45) is 4.99 Å². The van der Waals surface area contributed by atoms with E-state index in [0.29, 0.717) is 25.3 Å². The molecule has 0 aliphatic carbocycles. The molecule has 4 N–H and O–H groups in total. The summed E-state index contributed by atoms with van der Waals surface area (Å²) in [5.74, 6) is 0.313. The van der Waals surface area contributed by atoms with Crippen LogP contribution in [0.4, 0.5) is 9.59 Å². The number of nitrogens with one attached hydrogen (secondary N) is 3. The lowest BCUT2D eigenvalue weighted by Crippen LogP contribution is -2.52. The topological polar surface area (TPSA) is 121 Å². The molecular weight excluding hydrogens is 376 g/mol. The van der Waals surface area contributed by atoms with Gasteiger partial charge in [-0.25, -0.2) is 9.59 Å². The van der Waals surface area contributed by atoms with E-state index in [1.54, 1.807) is 20.8 Å². The van der Waals surface area contributed by atoms with Crippen LogP contribution in [0, 0.1) is 0 Å². The molecule has 0 radical (unpaired) electrons. The molecule has 2 atom stereocenters. The summed E-state index contributed by atoms with van der Waals surface area (Å²) in [7, 11) is 0. The molecular formula is C20H30N4O5. The number of alkyl carbamates (subject to hydrolysis) is 2. The van der Waals surface area contributed by atoms with Crippen LogP contribution in [0.25, 0.3) is 0 Å². The third-order valence-corrected chi connectivity index (χ3v) is 4.03. The molecule has 0 fully saturated rings. The van der Waals surface area contributed by atoms with Gasteiger partial charge in [0.25, 0.3) is 0 Å². The van der Waals surface area contributed by atoms with Crippen molar-refractivity contribution in [1.82, 2.24) is 16.0 Å². The predicted molar refractivity (Wildman–Crippen MR) is 108 cm³/mol. The zero-order valence-corrected chi connectivity index (χ0v) is 17.1. The van der Waals surface area contributed by atoms with Crippen LogP contribution in [0.1, 0.15) is 39.2 Å². The fourth-order valence-corrected chi connectivity index (χ4v) is 2.75. The minimum atomic E-state index is -0.614. The summed E-state index contributed by atoms with van der Waals surface area (Å²) in [6.45, 7) is 5.76. The van der Waals surface area contributed by atoms with Gasteiger partial charge in [-0.2, -0.15) is 0 Å². The van der Waals surface area contributed by atoms with Crippen molar-refractivity contribution in [1.29, 1.82) is 0 Å². The number of aliphatic hydroxyl groups excluding tert-OH is 1. The molecule has 2 amide bonds. The molecule has 0 bridgehead atoms. The van der Waals surface area contributed by atoms with Gasteiger partial charge in [-0.05, 0) is 39.2 Å². The van der Waals surface area contributed by atoms with E-state index in [2.05, 4.69) is 20.9 Å². The first-order valence-electron chi connectivity index (χ1n) is 9.64. The molecule has 0 saturated heterocycles. The number of aliphatic hydroxyl groups is 1. The van der Waals surface area contributed by atoms with E-state index >= 15 is 0 Å². The van der Waals surface area contributed by atoms with Crippen molar-refractivity contribution in [3.05, 3.63) is 35.9 Å². The van der Waals surface area contributed by atoms with E-state index in [-0.39, 0.29) is 19.3 Å². The van der Waals surface area contributed by atoms with Crippen LogP contribution in [0.3, 0.4) is 0 Å². The normalized spacial score (nSPS) is 17.4. The Kier molecular flexibility index (Phi) is 8.26. The first-order chi connectivity index (χ1) is 13.7. The summed E-state index contributed by atoms with van der Waals surface area (Å²) in [5.41, 5.74) is 0.273. The molecule has 9 heteroatoms. The molecule has 1 aromatic rings. The molecule has 160 valence electrons. The Balaban J connectivity index is 1.77. The zero-order chi connectivity index (χ0) is 21.3. The molecule has 29 heavy (non-hydrogen) atoms. The average Bonchev–Trinajstić information content (AvgIpc) is 2.65. The van der Waals surface area contributed by atoms with E-state index in [0.717, 1.165) is 5.56 Å². The number of amides is 2. The van der Waals surface area contributed by atoms with E-state index in [4.69, 9.17) is 9.47 Å². The molecule has 1 aliphatic heterocycles.